The molecule has 4 rings (SSSR count). The Labute approximate surface area is 183 Å². The van der Waals surface area contributed by atoms with Crippen LogP contribution >= 0.6 is 0 Å². The molecular formula is C26H28N2O3. The van der Waals surface area contributed by atoms with Crippen LogP contribution in [0.3, 0.4) is 0 Å². The molecule has 1 amide bonds. The van der Waals surface area contributed by atoms with Crippen LogP contribution in [0.4, 0.5) is 5.69 Å². The summed E-state index contributed by atoms with van der Waals surface area (Å²) in [4.78, 5) is 15.2. The first-order chi connectivity index (χ1) is 15.1. The number of nitrogens with one attached hydrogen (secondary N) is 1. The largest absolute Gasteiger partial charge is 0.489 e. The SMILES string of the molecule is COCCCN1C(=O)c2ccccc2NC1(C)c1ccc(OCc2ccccc2)cc1. The second-order valence-electron chi connectivity index (χ2n) is 7.84. The van der Waals surface area contributed by atoms with Crippen LogP contribution < -0.4 is 10.1 Å². The van der Waals surface area contributed by atoms with Crippen molar-refractivity contribution < 1.29 is 14.3 Å². The summed E-state index contributed by atoms with van der Waals surface area (Å²) in [6.07, 6.45) is 0.764. The van der Waals surface area contributed by atoms with E-state index in [1.165, 1.54) is 0 Å². The zero-order chi connectivity index (χ0) is 21.7. The third-order valence-electron chi connectivity index (χ3n) is 5.72. The van der Waals surface area contributed by atoms with Gasteiger partial charge in [0.05, 0.1) is 5.56 Å². The Balaban J connectivity index is 1.58. The molecule has 3 aromatic rings. The molecular weight excluding hydrogens is 388 g/mol. The number of anilines is 1. The van der Waals surface area contributed by atoms with E-state index in [0.29, 0.717) is 25.3 Å². The van der Waals surface area contributed by atoms with E-state index in [1.807, 2.05) is 90.7 Å². The molecule has 1 aliphatic heterocycles. The summed E-state index contributed by atoms with van der Waals surface area (Å²) in [5.74, 6) is 0.821. The number of benzene rings is 3. The topological polar surface area (TPSA) is 50.8 Å². The summed E-state index contributed by atoms with van der Waals surface area (Å²) < 4.78 is 11.1. The number of amides is 1. The van der Waals surface area contributed by atoms with Crippen molar-refractivity contribution >= 4 is 11.6 Å². The van der Waals surface area contributed by atoms with Gasteiger partial charge < -0.3 is 19.7 Å². The molecule has 5 heteroatoms. The number of carbonyl (C=O) groups is 1. The maximum atomic E-state index is 13.3. The van der Waals surface area contributed by atoms with E-state index in [0.717, 1.165) is 29.0 Å². The fourth-order valence-corrected chi connectivity index (χ4v) is 3.99. The summed E-state index contributed by atoms with van der Waals surface area (Å²) in [7, 11) is 1.68. The van der Waals surface area contributed by atoms with Crippen molar-refractivity contribution in [3.05, 3.63) is 95.6 Å². The number of nitrogens with zero attached hydrogens (tertiary/aromatic N) is 1. The first kappa shape index (κ1) is 20.9. The first-order valence-corrected chi connectivity index (χ1v) is 10.6. The highest BCUT2D eigenvalue weighted by Crippen LogP contribution is 2.38. The molecule has 0 bridgehead atoms. The quantitative estimate of drug-likeness (QED) is 0.523. The molecule has 1 N–H and O–H groups in total. The Hall–Kier alpha value is -3.31. The number of para-hydroxylation sites is 1. The Kier molecular flexibility index (Phi) is 6.23. The fraction of sp³-hybridized carbons (Fsp3) is 0.269. The second-order valence-corrected chi connectivity index (χ2v) is 7.84. The highest BCUT2D eigenvalue weighted by atomic mass is 16.5. The van der Waals surface area contributed by atoms with Crippen LogP contribution in [-0.4, -0.2) is 31.1 Å². The van der Waals surface area contributed by atoms with E-state index in [9.17, 15) is 4.79 Å². The number of fused-ring (bicyclic) bond motifs is 1. The van der Waals surface area contributed by atoms with Gasteiger partial charge in [-0.3, -0.25) is 4.79 Å². The predicted molar refractivity (Wildman–Crippen MR) is 122 cm³/mol. The summed E-state index contributed by atoms with van der Waals surface area (Å²) in [6, 6.07) is 25.7. The van der Waals surface area contributed by atoms with Gasteiger partial charge in [-0.05, 0) is 48.7 Å². The lowest BCUT2D eigenvalue weighted by Gasteiger charge is -2.47. The van der Waals surface area contributed by atoms with E-state index in [-0.39, 0.29) is 5.91 Å². The maximum absolute atomic E-state index is 13.3. The predicted octanol–water partition coefficient (Wildman–Crippen LogP) is 5.04. The number of hydrogen-bond donors (Lipinski definition) is 1. The van der Waals surface area contributed by atoms with E-state index < -0.39 is 5.66 Å². The average molecular weight is 417 g/mol. The van der Waals surface area contributed by atoms with Gasteiger partial charge in [0, 0.05) is 25.9 Å². The number of carbonyl (C=O) groups excluding carboxylic acids is 1. The minimum atomic E-state index is -0.670. The third kappa shape index (κ3) is 4.42. The third-order valence-corrected chi connectivity index (χ3v) is 5.72. The lowest BCUT2D eigenvalue weighted by Crippen LogP contribution is -2.56. The van der Waals surface area contributed by atoms with Crippen LogP contribution in [0.25, 0.3) is 0 Å². The van der Waals surface area contributed by atoms with Crippen LogP contribution in [0, 0.1) is 0 Å². The molecule has 0 saturated carbocycles. The lowest BCUT2D eigenvalue weighted by molar-refractivity contribution is 0.0504. The van der Waals surface area contributed by atoms with Crippen LogP contribution in [0.2, 0.25) is 0 Å². The van der Waals surface area contributed by atoms with Gasteiger partial charge in [-0.15, -0.1) is 0 Å². The van der Waals surface area contributed by atoms with Gasteiger partial charge in [-0.25, -0.2) is 0 Å². The van der Waals surface area contributed by atoms with E-state index in [4.69, 9.17) is 9.47 Å². The summed E-state index contributed by atoms with van der Waals surface area (Å²) in [5.41, 5.74) is 3.00. The monoisotopic (exact) mass is 416 g/mol. The van der Waals surface area contributed by atoms with E-state index in [1.54, 1.807) is 7.11 Å². The molecule has 1 aliphatic rings. The van der Waals surface area contributed by atoms with Crippen molar-refractivity contribution in [1.82, 2.24) is 4.90 Å². The van der Waals surface area contributed by atoms with Gasteiger partial charge in [0.25, 0.3) is 5.91 Å². The molecule has 0 fully saturated rings. The minimum Gasteiger partial charge on any atom is -0.489 e. The zero-order valence-electron chi connectivity index (χ0n) is 18.0. The van der Waals surface area contributed by atoms with Gasteiger partial charge in [0.2, 0.25) is 0 Å². The standard InChI is InChI=1S/C26H28N2O3/c1-26(21-13-15-22(16-14-21)31-19-20-9-4-3-5-10-20)27-24-12-7-6-11-23(24)25(29)28(26)17-8-18-30-2/h3-7,9-16,27H,8,17-19H2,1-2H3. The Morgan fingerprint density at radius 1 is 0.935 bits per heavy atom. The summed E-state index contributed by atoms with van der Waals surface area (Å²) in [5, 5.41) is 3.60. The van der Waals surface area contributed by atoms with Gasteiger partial charge in [0.1, 0.15) is 18.0 Å². The maximum Gasteiger partial charge on any atom is 0.258 e. The van der Waals surface area contributed by atoms with Gasteiger partial charge >= 0.3 is 0 Å². The highest BCUT2D eigenvalue weighted by Gasteiger charge is 2.42. The molecule has 0 radical (unpaired) electrons. The Bertz CT molecular complexity index is 1020. The first-order valence-electron chi connectivity index (χ1n) is 10.6. The highest BCUT2D eigenvalue weighted by molar-refractivity contribution is 6.02. The van der Waals surface area contributed by atoms with Crippen molar-refractivity contribution in [2.24, 2.45) is 0 Å². The van der Waals surface area contributed by atoms with Crippen LogP contribution in [0.15, 0.2) is 78.9 Å². The normalized spacial score (nSPS) is 17.7. The minimum absolute atomic E-state index is 0.0253. The molecule has 0 saturated heterocycles. The summed E-state index contributed by atoms with van der Waals surface area (Å²) >= 11 is 0. The average Bonchev–Trinajstić information content (AvgIpc) is 2.81. The van der Waals surface area contributed by atoms with Crippen molar-refractivity contribution in [1.29, 1.82) is 0 Å². The molecule has 3 aromatic carbocycles. The second kappa shape index (κ2) is 9.23. The molecule has 0 spiro atoms. The van der Waals surface area contributed by atoms with Crippen molar-refractivity contribution in [3.63, 3.8) is 0 Å². The molecule has 0 aromatic heterocycles. The molecule has 1 heterocycles. The number of hydrogen-bond acceptors (Lipinski definition) is 4. The van der Waals surface area contributed by atoms with Gasteiger partial charge in [-0.1, -0.05) is 54.6 Å². The van der Waals surface area contributed by atoms with E-state index >= 15 is 0 Å². The lowest BCUT2D eigenvalue weighted by atomic mass is 9.93. The molecule has 1 unspecified atom stereocenters. The molecule has 160 valence electrons. The smallest absolute Gasteiger partial charge is 0.258 e. The zero-order valence-corrected chi connectivity index (χ0v) is 18.0. The molecule has 1 atom stereocenters. The van der Waals surface area contributed by atoms with Crippen molar-refractivity contribution in [3.8, 4) is 5.75 Å². The van der Waals surface area contributed by atoms with E-state index in [2.05, 4.69) is 5.32 Å². The fourth-order valence-electron chi connectivity index (χ4n) is 3.99. The van der Waals surface area contributed by atoms with Gasteiger partial charge in [-0.2, -0.15) is 0 Å². The Morgan fingerprint density at radius 2 is 1.65 bits per heavy atom. The van der Waals surface area contributed by atoms with Crippen LogP contribution in [0.1, 0.15) is 34.8 Å². The molecule has 31 heavy (non-hydrogen) atoms. The molecule has 0 aliphatic carbocycles. The van der Waals surface area contributed by atoms with Gasteiger partial charge in [0.15, 0.2) is 0 Å². The number of methoxy groups -OCH3 is 1. The number of ether oxygens (including phenoxy) is 2. The molecule has 5 nitrogen and oxygen atoms in total. The summed E-state index contributed by atoms with van der Waals surface area (Å²) in [6.45, 7) is 3.77. The van der Waals surface area contributed by atoms with Crippen molar-refractivity contribution in [2.45, 2.75) is 25.6 Å². The van der Waals surface area contributed by atoms with Crippen molar-refractivity contribution in [2.75, 3.05) is 25.6 Å². The van der Waals surface area contributed by atoms with Crippen LogP contribution in [-0.2, 0) is 17.0 Å². The Morgan fingerprint density at radius 3 is 2.39 bits per heavy atom. The number of rotatable bonds is 8. The van der Waals surface area contributed by atoms with Crippen LogP contribution in [0.5, 0.6) is 5.75 Å².